The molecule has 94 valence electrons. The van der Waals surface area contributed by atoms with Crippen molar-refractivity contribution >= 4 is 5.78 Å². The zero-order valence-electron chi connectivity index (χ0n) is 10.9. The van der Waals surface area contributed by atoms with Crippen LogP contribution in [0.2, 0.25) is 0 Å². The van der Waals surface area contributed by atoms with Crippen molar-refractivity contribution in [2.45, 2.75) is 39.7 Å². The highest BCUT2D eigenvalue weighted by molar-refractivity contribution is 5.97. The summed E-state index contributed by atoms with van der Waals surface area (Å²) in [7, 11) is 0. The molecular formula is C14H20FNO. The fourth-order valence-electron chi connectivity index (χ4n) is 1.63. The van der Waals surface area contributed by atoms with Crippen molar-refractivity contribution < 1.29 is 9.18 Å². The first-order chi connectivity index (χ1) is 7.79. The summed E-state index contributed by atoms with van der Waals surface area (Å²) in [5, 5.41) is 3.26. The van der Waals surface area contributed by atoms with E-state index in [9.17, 15) is 9.18 Å². The van der Waals surface area contributed by atoms with Crippen molar-refractivity contribution in [2.75, 3.05) is 6.54 Å². The highest BCUT2D eigenvalue weighted by Crippen LogP contribution is 2.12. The largest absolute Gasteiger partial charge is 0.312 e. The molecule has 1 N–H and O–H groups in total. The molecule has 0 atom stereocenters. The van der Waals surface area contributed by atoms with Crippen molar-refractivity contribution in [1.82, 2.24) is 5.32 Å². The predicted octanol–water partition coefficient (Wildman–Crippen LogP) is 3.10. The molecule has 0 aliphatic rings. The maximum atomic E-state index is 12.9. The van der Waals surface area contributed by atoms with E-state index in [1.165, 1.54) is 12.1 Å². The van der Waals surface area contributed by atoms with E-state index in [2.05, 4.69) is 26.1 Å². The molecule has 0 amide bonds. The van der Waals surface area contributed by atoms with Crippen molar-refractivity contribution in [2.24, 2.45) is 0 Å². The number of ketones is 1. The predicted molar refractivity (Wildman–Crippen MR) is 67.8 cm³/mol. The third-order valence-corrected chi connectivity index (χ3v) is 2.50. The van der Waals surface area contributed by atoms with Gasteiger partial charge in [-0.15, -0.1) is 0 Å². The number of aryl methyl sites for hydroxylation is 1. The molecule has 0 saturated heterocycles. The lowest BCUT2D eigenvalue weighted by Crippen LogP contribution is -2.37. The Morgan fingerprint density at radius 1 is 1.35 bits per heavy atom. The smallest absolute Gasteiger partial charge is 0.164 e. The lowest BCUT2D eigenvalue weighted by molar-refractivity contribution is 0.0980. The molecule has 0 radical (unpaired) electrons. The lowest BCUT2D eigenvalue weighted by atomic mass is 10.0. The fourth-order valence-corrected chi connectivity index (χ4v) is 1.63. The molecule has 1 aromatic carbocycles. The van der Waals surface area contributed by atoms with E-state index < -0.39 is 0 Å². The monoisotopic (exact) mass is 237 g/mol. The molecule has 3 heteroatoms. The van der Waals surface area contributed by atoms with Gasteiger partial charge in [-0.3, -0.25) is 4.79 Å². The van der Waals surface area contributed by atoms with Crippen LogP contribution in [0.1, 0.15) is 43.1 Å². The zero-order chi connectivity index (χ0) is 13.1. The van der Waals surface area contributed by atoms with Crippen LogP contribution >= 0.6 is 0 Å². The summed E-state index contributed by atoms with van der Waals surface area (Å²) in [4.78, 5) is 11.9. The Kier molecular flexibility index (Phi) is 4.40. The van der Waals surface area contributed by atoms with Gasteiger partial charge < -0.3 is 5.32 Å². The number of hydrogen-bond donors (Lipinski definition) is 1. The molecule has 0 aliphatic heterocycles. The highest BCUT2D eigenvalue weighted by Gasteiger charge is 2.12. The number of benzene rings is 1. The molecule has 17 heavy (non-hydrogen) atoms. The molecule has 2 nitrogen and oxygen atoms in total. The summed E-state index contributed by atoms with van der Waals surface area (Å²) in [5.74, 6) is -0.244. The van der Waals surface area contributed by atoms with E-state index in [1.807, 2.05) is 0 Å². The van der Waals surface area contributed by atoms with Crippen LogP contribution in [0.5, 0.6) is 0 Å². The van der Waals surface area contributed by atoms with Crippen molar-refractivity contribution in [3.8, 4) is 0 Å². The van der Waals surface area contributed by atoms with Gasteiger partial charge in [0, 0.05) is 24.1 Å². The topological polar surface area (TPSA) is 29.1 Å². The number of rotatable bonds is 4. The molecule has 0 bridgehead atoms. The second kappa shape index (κ2) is 5.41. The Morgan fingerprint density at radius 2 is 2.00 bits per heavy atom. The summed E-state index contributed by atoms with van der Waals surface area (Å²) in [6.07, 6.45) is 0.434. The van der Waals surface area contributed by atoms with Gasteiger partial charge in [0.2, 0.25) is 0 Å². The number of Topliss-reactive ketones (excluding diaryl/α,β-unsaturated/α-hetero) is 1. The van der Waals surface area contributed by atoms with Gasteiger partial charge in [-0.2, -0.15) is 0 Å². The summed E-state index contributed by atoms with van der Waals surface area (Å²) in [6, 6.07) is 4.28. The Labute approximate surface area is 102 Å². The van der Waals surface area contributed by atoms with E-state index in [4.69, 9.17) is 0 Å². The number of carbonyl (C=O) groups is 1. The first-order valence-corrected chi connectivity index (χ1v) is 5.84. The molecule has 0 spiro atoms. The molecule has 0 heterocycles. The third kappa shape index (κ3) is 4.65. The summed E-state index contributed by atoms with van der Waals surface area (Å²) < 4.78 is 12.9. The second-order valence-electron chi connectivity index (χ2n) is 5.31. The normalized spacial score (nSPS) is 11.6. The molecule has 0 aliphatic carbocycles. The summed E-state index contributed by atoms with van der Waals surface area (Å²) in [6.45, 7) is 8.56. The minimum absolute atomic E-state index is 0.0120. The van der Waals surface area contributed by atoms with Gasteiger partial charge >= 0.3 is 0 Å². The molecule has 0 saturated carbocycles. The van der Waals surface area contributed by atoms with Gasteiger partial charge in [0.1, 0.15) is 5.82 Å². The van der Waals surface area contributed by atoms with E-state index in [0.717, 1.165) is 0 Å². The standard InChI is InChI=1S/C14H20FNO/c1-10-9-11(15)5-6-12(10)13(17)7-8-16-14(2,3)4/h5-6,9,16H,7-8H2,1-4H3. The van der Waals surface area contributed by atoms with Gasteiger partial charge in [-0.1, -0.05) is 0 Å². The van der Waals surface area contributed by atoms with Crippen LogP contribution in [0.4, 0.5) is 4.39 Å². The average molecular weight is 237 g/mol. The minimum atomic E-state index is -0.299. The van der Waals surface area contributed by atoms with Crippen molar-refractivity contribution in [3.05, 3.63) is 35.1 Å². The van der Waals surface area contributed by atoms with Crippen LogP contribution in [-0.2, 0) is 0 Å². The van der Waals surface area contributed by atoms with E-state index in [-0.39, 0.29) is 17.1 Å². The van der Waals surface area contributed by atoms with Gasteiger partial charge in [-0.25, -0.2) is 4.39 Å². The van der Waals surface area contributed by atoms with Crippen molar-refractivity contribution in [3.63, 3.8) is 0 Å². The van der Waals surface area contributed by atoms with Crippen LogP contribution in [0.3, 0.4) is 0 Å². The van der Waals surface area contributed by atoms with Gasteiger partial charge in [0.15, 0.2) is 5.78 Å². The molecular weight excluding hydrogens is 217 g/mol. The Morgan fingerprint density at radius 3 is 2.53 bits per heavy atom. The number of hydrogen-bond acceptors (Lipinski definition) is 2. The average Bonchev–Trinajstić information content (AvgIpc) is 2.15. The van der Waals surface area contributed by atoms with Gasteiger partial charge in [-0.05, 0) is 51.5 Å². The van der Waals surface area contributed by atoms with Crippen LogP contribution in [-0.4, -0.2) is 17.9 Å². The SMILES string of the molecule is Cc1cc(F)ccc1C(=O)CCNC(C)(C)C. The van der Waals surface area contributed by atoms with Crippen LogP contribution < -0.4 is 5.32 Å². The maximum absolute atomic E-state index is 12.9. The highest BCUT2D eigenvalue weighted by atomic mass is 19.1. The number of halogens is 1. The lowest BCUT2D eigenvalue weighted by Gasteiger charge is -2.20. The first-order valence-electron chi connectivity index (χ1n) is 5.84. The molecule has 1 rings (SSSR count). The Hall–Kier alpha value is -1.22. The van der Waals surface area contributed by atoms with Crippen molar-refractivity contribution in [1.29, 1.82) is 0 Å². The maximum Gasteiger partial charge on any atom is 0.164 e. The quantitative estimate of drug-likeness (QED) is 0.815. The van der Waals surface area contributed by atoms with Crippen LogP contribution in [0.25, 0.3) is 0 Å². The van der Waals surface area contributed by atoms with Gasteiger partial charge in [0.25, 0.3) is 0 Å². The van der Waals surface area contributed by atoms with E-state index in [0.29, 0.717) is 24.1 Å². The third-order valence-electron chi connectivity index (χ3n) is 2.50. The Balaban J connectivity index is 2.59. The minimum Gasteiger partial charge on any atom is -0.312 e. The summed E-state index contributed by atoms with van der Waals surface area (Å²) in [5.41, 5.74) is 1.32. The fraction of sp³-hybridized carbons (Fsp3) is 0.500. The number of nitrogens with one attached hydrogen (secondary N) is 1. The zero-order valence-corrected chi connectivity index (χ0v) is 10.9. The molecule has 0 aromatic heterocycles. The molecule has 0 fully saturated rings. The Bertz CT molecular complexity index is 407. The number of carbonyl (C=O) groups excluding carboxylic acids is 1. The van der Waals surface area contributed by atoms with Crippen LogP contribution in [0, 0.1) is 12.7 Å². The first kappa shape index (κ1) is 13.8. The molecule has 0 unspecified atom stereocenters. The van der Waals surface area contributed by atoms with E-state index >= 15 is 0 Å². The molecule has 1 aromatic rings. The van der Waals surface area contributed by atoms with Gasteiger partial charge in [0.05, 0.1) is 0 Å². The summed E-state index contributed by atoms with van der Waals surface area (Å²) >= 11 is 0. The van der Waals surface area contributed by atoms with Crippen LogP contribution in [0.15, 0.2) is 18.2 Å². The second-order valence-corrected chi connectivity index (χ2v) is 5.31. The van der Waals surface area contributed by atoms with E-state index in [1.54, 1.807) is 13.0 Å².